The maximum atomic E-state index is 12.3. The summed E-state index contributed by atoms with van der Waals surface area (Å²) in [6, 6.07) is 3.63. The molecule has 6 nitrogen and oxygen atoms in total. The van der Waals surface area contributed by atoms with Crippen LogP contribution in [0.5, 0.6) is 0 Å². The number of sulfone groups is 1. The SMILES string of the molecule is Cn1cc(CCS(=O)(=O)c2cc(C(=O)O)ccc2Cl)cn1. The van der Waals surface area contributed by atoms with Crippen LogP contribution in [0.1, 0.15) is 15.9 Å². The van der Waals surface area contributed by atoms with Crippen LogP contribution in [0.3, 0.4) is 0 Å². The Labute approximate surface area is 126 Å². The van der Waals surface area contributed by atoms with Gasteiger partial charge in [-0.1, -0.05) is 11.6 Å². The predicted molar refractivity (Wildman–Crippen MR) is 77.4 cm³/mol. The van der Waals surface area contributed by atoms with Crippen LogP contribution in [-0.2, 0) is 23.3 Å². The Bertz CT molecular complexity index is 783. The zero-order valence-electron chi connectivity index (χ0n) is 11.2. The number of rotatable bonds is 5. The lowest BCUT2D eigenvalue weighted by Gasteiger charge is -2.07. The molecule has 0 aliphatic carbocycles. The van der Waals surface area contributed by atoms with Crippen molar-refractivity contribution >= 4 is 27.4 Å². The third kappa shape index (κ3) is 3.62. The average molecular weight is 329 g/mol. The molecule has 0 radical (unpaired) electrons. The van der Waals surface area contributed by atoms with Gasteiger partial charge in [0, 0.05) is 13.2 Å². The van der Waals surface area contributed by atoms with Gasteiger partial charge in [0.05, 0.1) is 27.4 Å². The molecule has 0 spiro atoms. The molecule has 1 aromatic carbocycles. The standard InChI is InChI=1S/C13H13ClN2O4S/c1-16-8-9(7-15-16)4-5-21(19,20)12-6-10(13(17)18)2-3-11(12)14/h2-3,6-8H,4-5H2,1H3,(H,17,18). The van der Waals surface area contributed by atoms with Crippen molar-refractivity contribution in [3.05, 3.63) is 46.7 Å². The fourth-order valence-corrected chi connectivity index (χ4v) is 3.70. The molecule has 2 rings (SSSR count). The first kappa shape index (κ1) is 15.5. The minimum atomic E-state index is -3.67. The van der Waals surface area contributed by atoms with Gasteiger partial charge in [-0.05, 0) is 30.2 Å². The van der Waals surface area contributed by atoms with Crippen molar-refractivity contribution < 1.29 is 18.3 Å². The Morgan fingerprint density at radius 1 is 1.43 bits per heavy atom. The van der Waals surface area contributed by atoms with Gasteiger partial charge in [0.15, 0.2) is 9.84 Å². The summed E-state index contributed by atoms with van der Waals surface area (Å²) in [5.74, 6) is -1.36. The van der Waals surface area contributed by atoms with Crippen molar-refractivity contribution in [3.63, 3.8) is 0 Å². The summed E-state index contributed by atoms with van der Waals surface area (Å²) in [7, 11) is -1.93. The molecule has 0 amide bonds. The Kier molecular flexibility index (Phi) is 4.34. The Morgan fingerprint density at radius 2 is 2.14 bits per heavy atom. The van der Waals surface area contributed by atoms with Gasteiger partial charge in [-0.25, -0.2) is 13.2 Å². The average Bonchev–Trinajstić information content (AvgIpc) is 2.82. The number of carboxylic acid groups (broad SMARTS) is 1. The molecule has 0 atom stereocenters. The zero-order chi connectivity index (χ0) is 15.6. The van der Waals surface area contributed by atoms with Gasteiger partial charge >= 0.3 is 5.97 Å². The van der Waals surface area contributed by atoms with Crippen LogP contribution in [0.2, 0.25) is 5.02 Å². The molecule has 1 N–H and O–H groups in total. The van der Waals surface area contributed by atoms with E-state index in [1.54, 1.807) is 24.1 Å². The van der Waals surface area contributed by atoms with E-state index in [1.165, 1.54) is 12.1 Å². The second kappa shape index (κ2) is 5.87. The number of benzene rings is 1. The quantitative estimate of drug-likeness (QED) is 0.903. The lowest BCUT2D eigenvalue weighted by Crippen LogP contribution is -2.11. The van der Waals surface area contributed by atoms with Crippen LogP contribution in [0, 0.1) is 0 Å². The Hall–Kier alpha value is -1.86. The number of hydrogen-bond acceptors (Lipinski definition) is 4. The number of aromatic carboxylic acids is 1. The first-order valence-corrected chi connectivity index (χ1v) is 8.06. The van der Waals surface area contributed by atoms with E-state index in [-0.39, 0.29) is 27.7 Å². The molecule has 1 heterocycles. The molecule has 0 unspecified atom stereocenters. The van der Waals surface area contributed by atoms with Gasteiger partial charge in [-0.15, -0.1) is 0 Å². The van der Waals surface area contributed by atoms with Crippen LogP contribution in [0.4, 0.5) is 0 Å². The first-order chi connectivity index (χ1) is 9.79. The first-order valence-electron chi connectivity index (χ1n) is 6.03. The maximum Gasteiger partial charge on any atom is 0.335 e. The van der Waals surface area contributed by atoms with E-state index >= 15 is 0 Å². The highest BCUT2D eigenvalue weighted by Gasteiger charge is 2.20. The monoisotopic (exact) mass is 328 g/mol. The molecule has 0 bridgehead atoms. The largest absolute Gasteiger partial charge is 0.478 e. The predicted octanol–water partition coefficient (Wildman–Crippen LogP) is 1.79. The highest BCUT2D eigenvalue weighted by Crippen LogP contribution is 2.24. The number of halogens is 1. The van der Waals surface area contributed by atoms with Gasteiger partial charge in [0.2, 0.25) is 0 Å². The number of nitrogens with zero attached hydrogens (tertiary/aromatic N) is 2. The summed E-state index contributed by atoms with van der Waals surface area (Å²) in [5, 5.41) is 12.9. The molecule has 0 aliphatic heterocycles. The molecule has 0 fully saturated rings. The third-order valence-corrected chi connectivity index (χ3v) is 5.12. The van der Waals surface area contributed by atoms with Crippen molar-refractivity contribution in [2.45, 2.75) is 11.3 Å². The Balaban J connectivity index is 2.26. The number of carboxylic acids is 1. The van der Waals surface area contributed by atoms with Crippen LogP contribution in [0.15, 0.2) is 35.5 Å². The normalized spacial score (nSPS) is 11.5. The minimum absolute atomic E-state index is 0.0196. The van der Waals surface area contributed by atoms with E-state index in [0.29, 0.717) is 0 Å². The summed E-state index contributed by atoms with van der Waals surface area (Å²) in [6.45, 7) is 0. The van der Waals surface area contributed by atoms with Crippen molar-refractivity contribution in [1.29, 1.82) is 0 Å². The van der Waals surface area contributed by atoms with Crippen LogP contribution in [-0.4, -0.2) is 35.0 Å². The third-order valence-electron chi connectivity index (χ3n) is 2.93. The smallest absolute Gasteiger partial charge is 0.335 e. The van der Waals surface area contributed by atoms with Crippen molar-refractivity contribution in [1.82, 2.24) is 9.78 Å². The molecular weight excluding hydrogens is 316 g/mol. The van der Waals surface area contributed by atoms with Crippen LogP contribution < -0.4 is 0 Å². The van der Waals surface area contributed by atoms with Gasteiger partial charge in [0.1, 0.15) is 0 Å². The lowest BCUT2D eigenvalue weighted by atomic mass is 10.2. The topological polar surface area (TPSA) is 89.3 Å². The molecule has 21 heavy (non-hydrogen) atoms. The summed E-state index contributed by atoms with van der Waals surface area (Å²) in [5.41, 5.74) is 0.672. The van der Waals surface area contributed by atoms with E-state index in [9.17, 15) is 13.2 Å². The highest BCUT2D eigenvalue weighted by atomic mass is 35.5. The van der Waals surface area contributed by atoms with Gasteiger partial charge in [-0.2, -0.15) is 5.10 Å². The molecule has 0 saturated heterocycles. The summed E-state index contributed by atoms with van der Waals surface area (Å²) in [4.78, 5) is 10.8. The summed E-state index contributed by atoms with van der Waals surface area (Å²) in [6.07, 6.45) is 3.60. The van der Waals surface area contributed by atoms with Gasteiger partial charge in [0.25, 0.3) is 0 Å². The number of aromatic nitrogens is 2. The van der Waals surface area contributed by atoms with Gasteiger partial charge < -0.3 is 5.11 Å². The molecule has 1 aromatic heterocycles. The van der Waals surface area contributed by atoms with E-state index in [4.69, 9.17) is 16.7 Å². The number of aryl methyl sites for hydroxylation is 2. The lowest BCUT2D eigenvalue weighted by molar-refractivity contribution is 0.0696. The van der Waals surface area contributed by atoms with Crippen molar-refractivity contribution in [3.8, 4) is 0 Å². The molecule has 8 heteroatoms. The van der Waals surface area contributed by atoms with E-state index < -0.39 is 15.8 Å². The Morgan fingerprint density at radius 3 is 2.71 bits per heavy atom. The fraction of sp³-hybridized carbons (Fsp3) is 0.231. The molecular formula is C13H13ClN2O4S. The highest BCUT2D eigenvalue weighted by molar-refractivity contribution is 7.91. The number of carbonyl (C=O) groups is 1. The second-order valence-electron chi connectivity index (χ2n) is 4.54. The fourth-order valence-electron chi connectivity index (χ4n) is 1.84. The molecule has 0 saturated carbocycles. The van der Waals surface area contributed by atoms with E-state index in [0.717, 1.165) is 11.6 Å². The molecule has 112 valence electrons. The zero-order valence-corrected chi connectivity index (χ0v) is 12.7. The van der Waals surface area contributed by atoms with Gasteiger partial charge in [-0.3, -0.25) is 4.68 Å². The molecule has 0 aliphatic rings. The minimum Gasteiger partial charge on any atom is -0.478 e. The van der Waals surface area contributed by atoms with E-state index in [2.05, 4.69) is 5.10 Å². The van der Waals surface area contributed by atoms with Crippen molar-refractivity contribution in [2.75, 3.05) is 5.75 Å². The summed E-state index contributed by atoms with van der Waals surface area (Å²) >= 11 is 5.88. The maximum absolute atomic E-state index is 12.3. The second-order valence-corrected chi connectivity index (χ2v) is 7.03. The van der Waals surface area contributed by atoms with Crippen LogP contribution in [0.25, 0.3) is 0 Å². The van der Waals surface area contributed by atoms with Crippen molar-refractivity contribution in [2.24, 2.45) is 7.05 Å². The van der Waals surface area contributed by atoms with E-state index in [1.807, 2.05) is 0 Å². The summed E-state index contributed by atoms with van der Waals surface area (Å²) < 4.78 is 26.2. The van der Waals surface area contributed by atoms with Crippen LogP contribution >= 0.6 is 11.6 Å². The number of hydrogen-bond donors (Lipinski definition) is 1. The molecule has 2 aromatic rings.